The molecule has 1 heterocycles. The molecule has 0 radical (unpaired) electrons. The summed E-state index contributed by atoms with van der Waals surface area (Å²) in [5, 5.41) is 5.44. The van der Waals surface area contributed by atoms with Gasteiger partial charge in [-0.25, -0.2) is 4.90 Å². The Morgan fingerprint density at radius 1 is 0.537 bits per heavy atom. The lowest BCUT2D eigenvalue weighted by atomic mass is 10.1. The first-order valence-electron chi connectivity index (χ1n) is 12.6. The minimum absolute atomic E-state index is 0.0648. The molecule has 4 aromatic carbocycles. The lowest BCUT2D eigenvalue weighted by molar-refractivity contribution is 0.0921. The number of nitrogens with zero attached hydrogens (tertiary/aromatic N) is 1. The molecular formula is C32H23N3O6. The Morgan fingerprint density at radius 2 is 1.00 bits per heavy atom. The van der Waals surface area contributed by atoms with Gasteiger partial charge in [0.15, 0.2) is 11.6 Å². The van der Waals surface area contributed by atoms with Gasteiger partial charge in [0, 0.05) is 33.6 Å². The van der Waals surface area contributed by atoms with Crippen LogP contribution in [0.1, 0.15) is 76.0 Å². The van der Waals surface area contributed by atoms with E-state index in [2.05, 4.69) is 10.6 Å². The topological polar surface area (TPSA) is 130 Å². The minimum atomic E-state index is -0.622. The van der Waals surface area contributed by atoms with Gasteiger partial charge >= 0.3 is 0 Å². The van der Waals surface area contributed by atoms with Crippen LogP contribution in [0.5, 0.6) is 0 Å². The van der Waals surface area contributed by atoms with Crippen LogP contribution in [0.2, 0.25) is 0 Å². The Bertz CT molecular complexity index is 1760. The highest BCUT2D eigenvalue weighted by Crippen LogP contribution is 2.30. The molecule has 0 aliphatic carbocycles. The zero-order valence-corrected chi connectivity index (χ0v) is 22.1. The number of hydrogen-bond acceptors (Lipinski definition) is 6. The summed E-state index contributed by atoms with van der Waals surface area (Å²) in [6, 6.07) is 23.1. The van der Waals surface area contributed by atoms with Gasteiger partial charge in [0.1, 0.15) is 0 Å². The third kappa shape index (κ3) is 5.41. The molecule has 0 aromatic heterocycles. The second-order valence-corrected chi connectivity index (χ2v) is 9.43. The quantitative estimate of drug-likeness (QED) is 0.236. The highest BCUT2D eigenvalue weighted by Gasteiger charge is 2.37. The van der Waals surface area contributed by atoms with Crippen LogP contribution in [0.3, 0.4) is 0 Å². The molecule has 1 aliphatic heterocycles. The predicted molar refractivity (Wildman–Crippen MR) is 153 cm³/mol. The van der Waals surface area contributed by atoms with E-state index in [1.54, 1.807) is 66.7 Å². The van der Waals surface area contributed by atoms with E-state index in [1.165, 1.54) is 38.1 Å². The van der Waals surface area contributed by atoms with Gasteiger partial charge in [-0.2, -0.15) is 0 Å². The number of carbonyl (C=O) groups excluding carboxylic acids is 6. The number of rotatable bonds is 7. The van der Waals surface area contributed by atoms with Gasteiger partial charge in [-0.05, 0) is 98.8 Å². The van der Waals surface area contributed by atoms with E-state index in [4.69, 9.17) is 0 Å². The SMILES string of the molecule is CC(=O)c1ccc(NC(=O)c2cccc(N3C(=O)c4ccc(C(=O)Nc5ccc(C(C)=O)cc5)cc4C3=O)c2)cc1. The second-order valence-electron chi connectivity index (χ2n) is 9.43. The van der Waals surface area contributed by atoms with E-state index >= 15 is 0 Å². The van der Waals surface area contributed by atoms with Gasteiger partial charge in [0.25, 0.3) is 23.6 Å². The van der Waals surface area contributed by atoms with Crippen molar-refractivity contribution in [2.45, 2.75) is 13.8 Å². The van der Waals surface area contributed by atoms with Gasteiger partial charge in [0.2, 0.25) is 0 Å². The van der Waals surface area contributed by atoms with E-state index in [0.717, 1.165) is 4.90 Å². The Morgan fingerprint density at radius 3 is 1.51 bits per heavy atom. The average molecular weight is 546 g/mol. The monoisotopic (exact) mass is 545 g/mol. The van der Waals surface area contributed by atoms with Crippen LogP contribution >= 0.6 is 0 Å². The first kappa shape index (κ1) is 26.9. The number of carbonyl (C=O) groups is 6. The molecule has 0 atom stereocenters. The van der Waals surface area contributed by atoms with Crippen molar-refractivity contribution in [1.29, 1.82) is 0 Å². The summed E-state index contributed by atoms with van der Waals surface area (Å²) in [6.07, 6.45) is 0. The average Bonchev–Trinajstić information content (AvgIpc) is 3.22. The molecule has 1 aliphatic rings. The molecular weight excluding hydrogens is 522 g/mol. The number of nitrogens with one attached hydrogen (secondary N) is 2. The predicted octanol–water partition coefficient (Wildman–Crippen LogP) is 5.40. The molecule has 0 bridgehead atoms. The molecule has 0 spiro atoms. The zero-order chi connectivity index (χ0) is 29.3. The van der Waals surface area contributed by atoms with Crippen LogP contribution in [0.4, 0.5) is 17.1 Å². The number of benzene rings is 4. The van der Waals surface area contributed by atoms with Gasteiger partial charge in [-0.1, -0.05) is 6.07 Å². The summed E-state index contributed by atoms with van der Waals surface area (Å²) in [5.41, 5.74) is 2.76. The lowest BCUT2D eigenvalue weighted by Gasteiger charge is -2.15. The number of anilines is 3. The molecule has 9 nitrogen and oxygen atoms in total. The molecule has 41 heavy (non-hydrogen) atoms. The molecule has 0 saturated heterocycles. The molecule has 2 N–H and O–H groups in total. The van der Waals surface area contributed by atoms with E-state index in [-0.39, 0.29) is 39.5 Å². The third-order valence-electron chi connectivity index (χ3n) is 6.61. The Balaban J connectivity index is 1.33. The Labute approximate surface area is 234 Å². The Hall–Kier alpha value is -5.70. The maximum absolute atomic E-state index is 13.3. The molecule has 0 saturated carbocycles. The van der Waals surface area contributed by atoms with E-state index in [0.29, 0.717) is 22.5 Å². The second kappa shape index (κ2) is 10.8. The van der Waals surface area contributed by atoms with Crippen LogP contribution in [0, 0.1) is 0 Å². The van der Waals surface area contributed by atoms with Crippen LogP contribution in [0.25, 0.3) is 0 Å². The summed E-state index contributed by atoms with van der Waals surface area (Å²) in [6.45, 7) is 2.90. The maximum Gasteiger partial charge on any atom is 0.266 e. The zero-order valence-electron chi connectivity index (χ0n) is 22.1. The first-order valence-corrected chi connectivity index (χ1v) is 12.6. The largest absolute Gasteiger partial charge is 0.322 e. The molecule has 5 rings (SSSR count). The molecule has 4 aromatic rings. The number of fused-ring (bicyclic) bond motifs is 1. The van der Waals surface area contributed by atoms with Crippen LogP contribution < -0.4 is 15.5 Å². The molecule has 0 fully saturated rings. The number of amides is 4. The van der Waals surface area contributed by atoms with Gasteiger partial charge in [-0.15, -0.1) is 0 Å². The lowest BCUT2D eigenvalue weighted by Crippen LogP contribution is -2.29. The highest BCUT2D eigenvalue weighted by atomic mass is 16.2. The van der Waals surface area contributed by atoms with Crippen molar-refractivity contribution in [2.24, 2.45) is 0 Å². The molecule has 0 unspecified atom stereocenters. The third-order valence-corrected chi connectivity index (χ3v) is 6.61. The summed E-state index contributed by atoms with van der Waals surface area (Å²) in [5.74, 6) is -2.34. The van der Waals surface area contributed by atoms with E-state index in [1.807, 2.05) is 0 Å². The van der Waals surface area contributed by atoms with Crippen molar-refractivity contribution in [3.05, 3.63) is 124 Å². The van der Waals surface area contributed by atoms with Crippen molar-refractivity contribution in [3.8, 4) is 0 Å². The van der Waals surface area contributed by atoms with Gasteiger partial charge in [-0.3, -0.25) is 28.8 Å². The fourth-order valence-corrected chi connectivity index (χ4v) is 4.39. The van der Waals surface area contributed by atoms with Crippen molar-refractivity contribution in [1.82, 2.24) is 0 Å². The van der Waals surface area contributed by atoms with Crippen molar-refractivity contribution in [3.63, 3.8) is 0 Å². The van der Waals surface area contributed by atoms with Gasteiger partial charge in [0.05, 0.1) is 16.8 Å². The first-order chi connectivity index (χ1) is 19.6. The van der Waals surface area contributed by atoms with Crippen LogP contribution in [0.15, 0.2) is 91.0 Å². The van der Waals surface area contributed by atoms with Crippen molar-refractivity contribution in [2.75, 3.05) is 15.5 Å². The molecule has 4 amide bonds. The number of imide groups is 1. The van der Waals surface area contributed by atoms with Crippen LogP contribution in [-0.4, -0.2) is 35.2 Å². The smallest absolute Gasteiger partial charge is 0.266 e. The number of Topliss-reactive ketones (excluding diaryl/α,β-unsaturated/α-hetero) is 2. The van der Waals surface area contributed by atoms with Crippen LogP contribution in [-0.2, 0) is 0 Å². The number of hydrogen-bond donors (Lipinski definition) is 2. The molecule has 202 valence electrons. The van der Waals surface area contributed by atoms with Gasteiger partial charge < -0.3 is 10.6 Å². The summed E-state index contributed by atoms with van der Waals surface area (Å²) in [4.78, 5) is 76.1. The normalized spacial score (nSPS) is 12.1. The summed E-state index contributed by atoms with van der Waals surface area (Å²) in [7, 11) is 0. The fraction of sp³-hybridized carbons (Fsp3) is 0.0625. The highest BCUT2D eigenvalue weighted by molar-refractivity contribution is 6.35. The molecule has 9 heteroatoms. The maximum atomic E-state index is 13.3. The summed E-state index contributed by atoms with van der Waals surface area (Å²) >= 11 is 0. The number of ketones is 2. The van der Waals surface area contributed by atoms with Crippen molar-refractivity contribution >= 4 is 52.3 Å². The minimum Gasteiger partial charge on any atom is -0.322 e. The Kier molecular flexibility index (Phi) is 7.09. The standard InChI is InChI=1S/C32H23N3O6/c1-18(36)20-6-11-24(12-7-20)33-29(38)22-4-3-5-26(16-22)35-31(40)27-15-10-23(17-28(27)32(35)41)30(39)34-25-13-8-21(9-14-25)19(2)37/h3-17H,1-2H3,(H,33,38)(H,34,39). The fourth-order valence-electron chi connectivity index (χ4n) is 4.39. The van der Waals surface area contributed by atoms with Crippen molar-refractivity contribution < 1.29 is 28.8 Å². The van der Waals surface area contributed by atoms with E-state index in [9.17, 15) is 28.8 Å². The summed E-state index contributed by atoms with van der Waals surface area (Å²) < 4.78 is 0. The van der Waals surface area contributed by atoms with E-state index < -0.39 is 23.6 Å².